The molecule has 2 fully saturated rings. The molecule has 3 aliphatic rings. The predicted octanol–water partition coefficient (Wildman–Crippen LogP) is 0.785. The molecular formula is C15H16F2N6O. The Bertz CT molecular complexity index is 748. The van der Waals surface area contributed by atoms with Crippen LogP contribution >= 0.6 is 0 Å². The fourth-order valence-corrected chi connectivity index (χ4v) is 3.95. The molecule has 3 aliphatic heterocycles. The molecule has 2 saturated heterocycles. The van der Waals surface area contributed by atoms with E-state index in [0.29, 0.717) is 12.4 Å². The number of nitrogens with one attached hydrogen (secondary N) is 1. The van der Waals surface area contributed by atoms with Crippen molar-refractivity contribution in [3.8, 4) is 6.07 Å². The Hall–Kier alpha value is -2.50. The summed E-state index contributed by atoms with van der Waals surface area (Å²) in [6.45, 7) is 0.573. The second kappa shape index (κ2) is 5.00. The summed E-state index contributed by atoms with van der Waals surface area (Å²) in [7, 11) is 0. The summed E-state index contributed by atoms with van der Waals surface area (Å²) in [6, 6.07) is 1.75. The van der Waals surface area contributed by atoms with Gasteiger partial charge in [-0.3, -0.25) is 4.79 Å². The van der Waals surface area contributed by atoms with Crippen molar-refractivity contribution in [2.45, 2.75) is 30.7 Å². The zero-order valence-corrected chi connectivity index (χ0v) is 12.9. The van der Waals surface area contributed by atoms with E-state index in [1.54, 1.807) is 6.07 Å². The van der Waals surface area contributed by atoms with Crippen molar-refractivity contribution in [3.05, 3.63) is 11.9 Å². The number of amides is 1. The second-order valence-electron chi connectivity index (χ2n) is 6.42. The minimum absolute atomic E-state index is 0.0284. The van der Waals surface area contributed by atoms with Crippen LogP contribution in [-0.2, 0) is 11.2 Å². The maximum Gasteiger partial charge on any atom is 0.289 e. The normalized spacial score (nSPS) is 26.7. The lowest BCUT2D eigenvalue weighted by Crippen LogP contribution is -2.77. The number of alkyl halides is 2. The lowest BCUT2D eigenvalue weighted by atomic mass is 9.79. The van der Waals surface area contributed by atoms with Crippen LogP contribution in [0.5, 0.6) is 0 Å². The van der Waals surface area contributed by atoms with Gasteiger partial charge in [0.2, 0.25) is 5.91 Å². The van der Waals surface area contributed by atoms with E-state index in [9.17, 15) is 13.6 Å². The molecule has 1 aromatic heterocycles. The molecule has 1 aromatic rings. The molecule has 0 aromatic carbocycles. The first-order valence-electron chi connectivity index (χ1n) is 7.86. The number of carbonyl (C=O) groups is 1. The smallest absolute Gasteiger partial charge is 0.289 e. The van der Waals surface area contributed by atoms with Crippen molar-refractivity contribution >= 4 is 17.5 Å². The molecule has 4 rings (SSSR count). The number of halogens is 2. The molecule has 4 heterocycles. The number of likely N-dealkylation sites (tertiary alicyclic amines) is 1. The quantitative estimate of drug-likeness (QED) is 0.860. The number of fused-ring (bicyclic) bond motifs is 1. The number of nitrogens with zero attached hydrogens (tertiary/aromatic N) is 5. The van der Waals surface area contributed by atoms with Crippen LogP contribution in [0.2, 0.25) is 0 Å². The van der Waals surface area contributed by atoms with Crippen molar-refractivity contribution in [2.24, 2.45) is 0 Å². The molecule has 0 radical (unpaired) electrons. The van der Waals surface area contributed by atoms with Crippen LogP contribution in [0.1, 0.15) is 18.4 Å². The summed E-state index contributed by atoms with van der Waals surface area (Å²) in [5, 5.41) is 11.8. The van der Waals surface area contributed by atoms with Crippen molar-refractivity contribution < 1.29 is 13.6 Å². The molecule has 0 unspecified atom stereocenters. The lowest BCUT2D eigenvalue weighted by molar-refractivity contribution is -0.233. The van der Waals surface area contributed by atoms with Gasteiger partial charge in [-0.25, -0.2) is 18.7 Å². The Kier molecular flexibility index (Phi) is 3.13. The molecule has 1 amide bonds. The standard InChI is InChI=1S/C15H16F2N6O/c16-15(17)8-23(11(24)1-4-18)14(15)3-6-22(7-14)13-10-2-5-19-12(10)20-9-21-13/h9H,1-3,5-8H2,(H,19,20,21)/t14-/m0/s1. The highest BCUT2D eigenvalue weighted by atomic mass is 19.3. The summed E-state index contributed by atoms with van der Waals surface area (Å²) in [6.07, 6.45) is 1.98. The van der Waals surface area contributed by atoms with Gasteiger partial charge in [0, 0.05) is 25.2 Å². The molecule has 1 spiro atoms. The zero-order chi connectivity index (χ0) is 16.9. The average Bonchev–Trinajstić information content (AvgIpc) is 3.21. The van der Waals surface area contributed by atoms with E-state index in [2.05, 4.69) is 15.3 Å². The third-order valence-corrected chi connectivity index (χ3v) is 5.22. The number of hydrogen-bond donors (Lipinski definition) is 1. The molecule has 0 saturated carbocycles. The fraction of sp³-hybridized carbons (Fsp3) is 0.600. The zero-order valence-electron chi connectivity index (χ0n) is 12.9. The molecule has 1 atom stereocenters. The molecule has 9 heteroatoms. The Morgan fingerprint density at radius 2 is 2.25 bits per heavy atom. The van der Waals surface area contributed by atoms with Gasteiger partial charge in [0.1, 0.15) is 29.9 Å². The van der Waals surface area contributed by atoms with E-state index < -0.39 is 23.9 Å². The van der Waals surface area contributed by atoms with Crippen molar-refractivity contribution in [1.29, 1.82) is 5.26 Å². The van der Waals surface area contributed by atoms with Crippen molar-refractivity contribution in [3.63, 3.8) is 0 Å². The van der Waals surface area contributed by atoms with E-state index in [1.165, 1.54) is 11.2 Å². The number of anilines is 2. The number of aromatic nitrogens is 2. The highest BCUT2D eigenvalue weighted by molar-refractivity contribution is 5.81. The van der Waals surface area contributed by atoms with Gasteiger partial charge in [0.25, 0.3) is 5.92 Å². The van der Waals surface area contributed by atoms with Crippen LogP contribution in [0.25, 0.3) is 0 Å². The maximum atomic E-state index is 14.4. The monoisotopic (exact) mass is 334 g/mol. The number of rotatable bonds is 2. The first kappa shape index (κ1) is 15.1. The number of nitriles is 1. The lowest BCUT2D eigenvalue weighted by Gasteiger charge is -2.55. The highest BCUT2D eigenvalue weighted by Crippen LogP contribution is 2.51. The highest BCUT2D eigenvalue weighted by Gasteiger charge is 2.70. The third kappa shape index (κ3) is 1.89. The molecule has 24 heavy (non-hydrogen) atoms. The van der Waals surface area contributed by atoms with E-state index in [0.717, 1.165) is 24.3 Å². The summed E-state index contributed by atoms with van der Waals surface area (Å²) < 4.78 is 28.7. The molecule has 1 N–H and O–H groups in total. The van der Waals surface area contributed by atoms with E-state index >= 15 is 0 Å². The van der Waals surface area contributed by atoms with Crippen LogP contribution < -0.4 is 10.2 Å². The summed E-state index contributed by atoms with van der Waals surface area (Å²) in [4.78, 5) is 23.5. The minimum Gasteiger partial charge on any atom is -0.369 e. The first-order valence-corrected chi connectivity index (χ1v) is 7.86. The van der Waals surface area contributed by atoms with E-state index in [-0.39, 0.29) is 19.4 Å². The number of hydrogen-bond acceptors (Lipinski definition) is 6. The van der Waals surface area contributed by atoms with Gasteiger partial charge in [-0.2, -0.15) is 5.26 Å². The average molecular weight is 334 g/mol. The van der Waals surface area contributed by atoms with E-state index in [4.69, 9.17) is 5.26 Å². The van der Waals surface area contributed by atoms with Gasteiger partial charge in [-0.05, 0) is 12.8 Å². The minimum atomic E-state index is -2.94. The predicted molar refractivity (Wildman–Crippen MR) is 80.7 cm³/mol. The van der Waals surface area contributed by atoms with Gasteiger partial charge < -0.3 is 15.1 Å². The largest absolute Gasteiger partial charge is 0.369 e. The Labute approximate surface area is 137 Å². The fourth-order valence-electron chi connectivity index (χ4n) is 3.95. The second-order valence-corrected chi connectivity index (χ2v) is 6.42. The van der Waals surface area contributed by atoms with Gasteiger partial charge in [0.05, 0.1) is 12.6 Å². The molecule has 7 nitrogen and oxygen atoms in total. The van der Waals surface area contributed by atoms with E-state index in [1.807, 2.05) is 4.90 Å². The van der Waals surface area contributed by atoms with Crippen LogP contribution in [-0.4, -0.2) is 58.4 Å². The molecule has 0 aliphatic carbocycles. The SMILES string of the molecule is N#CCC(=O)N1CC(F)(F)[C@@]12CCN(c1ncnc3c1CCN3)C2. The molecular weight excluding hydrogens is 318 g/mol. The van der Waals surface area contributed by atoms with Crippen molar-refractivity contribution in [1.82, 2.24) is 14.9 Å². The Morgan fingerprint density at radius 3 is 3.00 bits per heavy atom. The topological polar surface area (TPSA) is 85.2 Å². The molecule has 0 bridgehead atoms. The Balaban J connectivity index is 1.62. The summed E-state index contributed by atoms with van der Waals surface area (Å²) in [5.74, 6) is -2.06. The van der Waals surface area contributed by atoms with Gasteiger partial charge in [-0.1, -0.05) is 0 Å². The van der Waals surface area contributed by atoms with Gasteiger partial charge in [-0.15, -0.1) is 0 Å². The van der Waals surface area contributed by atoms with Crippen LogP contribution in [0, 0.1) is 11.3 Å². The Morgan fingerprint density at radius 1 is 1.42 bits per heavy atom. The maximum absolute atomic E-state index is 14.4. The summed E-state index contributed by atoms with van der Waals surface area (Å²) >= 11 is 0. The van der Waals surface area contributed by atoms with Crippen molar-refractivity contribution in [2.75, 3.05) is 36.4 Å². The van der Waals surface area contributed by atoms with Crippen LogP contribution in [0.3, 0.4) is 0 Å². The van der Waals surface area contributed by atoms with Gasteiger partial charge >= 0.3 is 0 Å². The van der Waals surface area contributed by atoms with Crippen LogP contribution in [0.15, 0.2) is 6.33 Å². The first-order chi connectivity index (χ1) is 11.5. The summed E-state index contributed by atoms with van der Waals surface area (Å²) in [5.41, 5.74) is -0.586. The third-order valence-electron chi connectivity index (χ3n) is 5.22. The van der Waals surface area contributed by atoms with Crippen LogP contribution in [0.4, 0.5) is 20.4 Å². The van der Waals surface area contributed by atoms with Gasteiger partial charge in [0.15, 0.2) is 0 Å². The molecule has 126 valence electrons. The number of carbonyl (C=O) groups excluding carboxylic acids is 1.